The number of hydrogen-bond donors (Lipinski definition) is 1. The predicted molar refractivity (Wildman–Crippen MR) is 139 cm³/mol. The van der Waals surface area contributed by atoms with E-state index in [1.54, 1.807) is 18.3 Å². The molecule has 35 heavy (non-hydrogen) atoms. The van der Waals surface area contributed by atoms with Crippen molar-refractivity contribution in [2.45, 2.75) is 117 Å². The number of nitrogens with zero attached hydrogens (tertiary/aromatic N) is 1. The van der Waals surface area contributed by atoms with Crippen LogP contribution < -0.4 is 0 Å². The third-order valence-corrected chi connectivity index (χ3v) is 8.53. The molecule has 6 nitrogen and oxygen atoms in total. The second-order valence-electron chi connectivity index (χ2n) is 11.2. The first-order valence-electron chi connectivity index (χ1n) is 13.2. The van der Waals surface area contributed by atoms with E-state index >= 15 is 0 Å². The molecule has 3 rings (SSSR count). The van der Waals surface area contributed by atoms with Crippen molar-refractivity contribution in [1.29, 1.82) is 0 Å². The number of aliphatic hydroxyl groups excluding tert-OH is 1. The first kappa shape index (κ1) is 28.0. The normalized spacial score (nSPS) is 33.2. The summed E-state index contributed by atoms with van der Waals surface area (Å²) in [5, 5.41) is 13.9. The number of aliphatic hydroxyl groups is 1. The molecule has 0 spiro atoms. The van der Waals surface area contributed by atoms with E-state index in [9.17, 15) is 14.7 Å². The van der Waals surface area contributed by atoms with E-state index in [1.165, 1.54) is 0 Å². The molecule has 2 fully saturated rings. The molecule has 1 N–H and O–H groups in total. The van der Waals surface area contributed by atoms with Gasteiger partial charge in [0.25, 0.3) is 0 Å². The van der Waals surface area contributed by atoms with Gasteiger partial charge in [0.05, 0.1) is 29.0 Å². The maximum atomic E-state index is 13.2. The first-order chi connectivity index (χ1) is 16.5. The quantitative estimate of drug-likeness (QED) is 0.413. The van der Waals surface area contributed by atoms with E-state index in [0.717, 1.165) is 48.4 Å². The molecule has 0 bridgehead atoms. The number of fused-ring (bicyclic) bond motifs is 1. The van der Waals surface area contributed by atoms with Crippen molar-refractivity contribution in [3.05, 3.63) is 21.7 Å². The van der Waals surface area contributed by atoms with Gasteiger partial charge in [0.1, 0.15) is 11.9 Å². The average Bonchev–Trinajstić information content (AvgIpc) is 3.40. The number of aryl methyl sites for hydroxylation is 1. The van der Waals surface area contributed by atoms with Crippen LogP contribution in [-0.2, 0) is 25.5 Å². The van der Waals surface area contributed by atoms with Crippen molar-refractivity contribution in [2.24, 2.45) is 17.3 Å². The fourth-order valence-electron chi connectivity index (χ4n) is 5.06. The average molecular weight is 506 g/mol. The maximum Gasteiger partial charge on any atom is 0.306 e. The minimum Gasteiger partial charge on any atom is -0.458 e. The molecule has 6 atom stereocenters. The fourth-order valence-corrected chi connectivity index (χ4v) is 5.91. The second-order valence-corrected chi connectivity index (χ2v) is 12.1. The highest BCUT2D eigenvalue weighted by atomic mass is 32.1. The lowest BCUT2D eigenvalue weighted by molar-refractivity contribution is -0.149. The van der Waals surface area contributed by atoms with E-state index in [1.807, 2.05) is 39.2 Å². The Kier molecular flexibility index (Phi) is 9.69. The Morgan fingerprint density at radius 1 is 1.26 bits per heavy atom. The largest absolute Gasteiger partial charge is 0.458 e. The third kappa shape index (κ3) is 7.70. The number of hydrogen-bond acceptors (Lipinski definition) is 7. The Morgan fingerprint density at radius 2 is 2.00 bits per heavy atom. The molecule has 0 saturated carbocycles. The van der Waals surface area contributed by atoms with Gasteiger partial charge in [0.2, 0.25) is 0 Å². The SMILES string of the molecule is CCCc1nc(/C=C(\C)C2CC3OC3CCC[C@H](C)C(O)[C@@H](C)C(=O)C(C)(C)CCC(=O)O2)cs1. The molecule has 0 radical (unpaired) electrons. The van der Waals surface area contributed by atoms with Gasteiger partial charge in [-0.2, -0.15) is 0 Å². The molecule has 7 heteroatoms. The van der Waals surface area contributed by atoms with Gasteiger partial charge in [0, 0.05) is 29.6 Å². The number of ketones is 1. The predicted octanol–water partition coefficient (Wildman–Crippen LogP) is 5.76. The van der Waals surface area contributed by atoms with Gasteiger partial charge >= 0.3 is 5.97 Å². The molecule has 196 valence electrons. The first-order valence-corrected chi connectivity index (χ1v) is 14.1. The molecule has 0 aliphatic carbocycles. The zero-order valence-electron chi connectivity index (χ0n) is 22.2. The summed E-state index contributed by atoms with van der Waals surface area (Å²) in [5.74, 6) is -0.739. The Morgan fingerprint density at radius 3 is 2.71 bits per heavy atom. The standard InChI is InChI=1S/C28H43NO5S/c1-7-9-24-29-20(16-35-24)14-18(3)22-15-23-21(33-23)11-8-10-17(2)26(31)19(4)27(32)28(5,6)13-12-25(30)34-22/h14,16-17,19,21-23,26,31H,7-13,15H2,1-6H3/b18-14+/t17-,19+,21?,22?,23?,26?/m0/s1. The van der Waals surface area contributed by atoms with Crippen molar-refractivity contribution in [3.8, 4) is 0 Å². The van der Waals surface area contributed by atoms with E-state index < -0.39 is 17.4 Å². The van der Waals surface area contributed by atoms with Gasteiger partial charge in [-0.15, -0.1) is 11.3 Å². The molecule has 2 saturated heterocycles. The molecule has 4 unspecified atom stereocenters. The minimum atomic E-state index is -0.711. The van der Waals surface area contributed by atoms with Crippen LogP contribution in [0.4, 0.5) is 0 Å². The Balaban J connectivity index is 1.76. The molecular formula is C28H43NO5S. The number of epoxide rings is 1. The van der Waals surface area contributed by atoms with E-state index in [4.69, 9.17) is 9.47 Å². The number of ether oxygens (including phenoxy) is 2. The number of Topliss-reactive ketones (excluding diaryl/α,β-unsaturated/α-hetero) is 1. The van der Waals surface area contributed by atoms with Crippen LogP contribution in [0, 0.1) is 17.3 Å². The molecule has 2 aliphatic heterocycles. The highest BCUT2D eigenvalue weighted by molar-refractivity contribution is 7.09. The molecule has 3 heterocycles. The summed E-state index contributed by atoms with van der Waals surface area (Å²) < 4.78 is 11.9. The van der Waals surface area contributed by atoms with Crippen LogP contribution >= 0.6 is 11.3 Å². The lowest BCUT2D eigenvalue weighted by atomic mass is 9.74. The van der Waals surface area contributed by atoms with Gasteiger partial charge in [-0.25, -0.2) is 4.98 Å². The van der Waals surface area contributed by atoms with E-state index in [2.05, 4.69) is 11.9 Å². The lowest BCUT2D eigenvalue weighted by Gasteiger charge is -2.31. The van der Waals surface area contributed by atoms with Crippen molar-refractivity contribution < 1.29 is 24.2 Å². The molecular weight excluding hydrogens is 462 g/mol. The van der Waals surface area contributed by atoms with Gasteiger partial charge < -0.3 is 14.6 Å². The Labute approximate surface area is 214 Å². The van der Waals surface area contributed by atoms with Crippen LogP contribution in [0.5, 0.6) is 0 Å². The summed E-state index contributed by atoms with van der Waals surface area (Å²) in [6.07, 6.45) is 7.10. The molecule has 2 aliphatic rings. The van der Waals surface area contributed by atoms with Crippen LogP contribution in [0.2, 0.25) is 0 Å². The summed E-state index contributed by atoms with van der Waals surface area (Å²) >= 11 is 1.66. The Hall–Kier alpha value is -1.57. The van der Waals surface area contributed by atoms with Crippen molar-refractivity contribution >= 4 is 29.2 Å². The van der Waals surface area contributed by atoms with Crippen LogP contribution in [-0.4, -0.2) is 46.3 Å². The smallest absolute Gasteiger partial charge is 0.306 e. The van der Waals surface area contributed by atoms with Gasteiger partial charge in [-0.3, -0.25) is 9.59 Å². The summed E-state index contributed by atoms with van der Waals surface area (Å²) in [6, 6.07) is 0. The topological polar surface area (TPSA) is 89.0 Å². The highest BCUT2D eigenvalue weighted by Gasteiger charge is 2.42. The number of carbonyl (C=O) groups is 2. The number of carbonyl (C=O) groups excluding carboxylic acids is 2. The van der Waals surface area contributed by atoms with Crippen molar-refractivity contribution in [1.82, 2.24) is 4.98 Å². The monoisotopic (exact) mass is 505 g/mol. The lowest BCUT2D eigenvalue weighted by Crippen LogP contribution is -2.39. The summed E-state index contributed by atoms with van der Waals surface area (Å²) in [6.45, 7) is 11.7. The van der Waals surface area contributed by atoms with Gasteiger partial charge in [-0.05, 0) is 56.6 Å². The number of esters is 1. The zero-order valence-corrected chi connectivity index (χ0v) is 23.0. The number of cyclic esters (lactones) is 1. The molecule has 0 amide bonds. The van der Waals surface area contributed by atoms with Gasteiger partial charge in [-0.1, -0.05) is 41.0 Å². The van der Waals surface area contributed by atoms with Gasteiger partial charge in [0.15, 0.2) is 0 Å². The summed E-state index contributed by atoms with van der Waals surface area (Å²) in [5.41, 5.74) is 1.15. The van der Waals surface area contributed by atoms with Crippen LogP contribution in [0.1, 0.15) is 97.2 Å². The fraction of sp³-hybridized carbons (Fsp3) is 0.750. The highest BCUT2D eigenvalue weighted by Crippen LogP contribution is 2.36. The van der Waals surface area contributed by atoms with E-state index in [-0.39, 0.29) is 42.4 Å². The summed E-state index contributed by atoms with van der Waals surface area (Å²) in [4.78, 5) is 30.7. The zero-order chi connectivity index (χ0) is 25.8. The van der Waals surface area contributed by atoms with Crippen LogP contribution in [0.3, 0.4) is 0 Å². The maximum absolute atomic E-state index is 13.2. The Bertz CT molecular complexity index is 907. The van der Waals surface area contributed by atoms with Crippen molar-refractivity contribution in [3.63, 3.8) is 0 Å². The number of rotatable bonds is 4. The second kappa shape index (κ2) is 12.1. The van der Waals surface area contributed by atoms with Crippen molar-refractivity contribution in [2.75, 3.05) is 0 Å². The number of thiazole rings is 1. The van der Waals surface area contributed by atoms with E-state index in [0.29, 0.717) is 12.8 Å². The summed E-state index contributed by atoms with van der Waals surface area (Å²) in [7, 11) is 0. The number of aromatic nitrogens is 1. The third-order valence-electron chi connectivity index (χ3n) is 7.60. The molecule has 0 aromatic carbocycles. The van der Waals surface area contributed by atoms with Crippen LogP contribution in [0.25, 0.3) is 6.08 Å². The molecule has 1 aromatic heterocycles. The van der Waals surface area contributed by atoms with Crippen LogP contribution in [0.15, 0.2) is 11.0 Å². The molecule has 1 aromatic rings. The minimum absolute atomic E-state index is 0.00127.